The Kier molecular flexibility index (Phi) is 4.47. The first kappa shape index (κ1) is 17.5. The zero-order chi connectivity index (χ0) is 18.4. The number of aryl methyl sites for hydroxylation is 2. The average Bonchev–Trinajstić information content (AvgIpc) is 3.39. The predicted octanol–water partition coefficient (Wildman–Crippen LogP) is 6.12. The largest absolute Gasteiger partial charge is 0.324 e. The van der Waals surface area contributed by atoms with Crippen LogP contribution in [0.1, 0.15) is 50.5 Å². The van der Waals surface area contributed by atoms with E-state index in [1.807, 2.05) is 6.07 Å². The first-order valence-electron chi connectivity index (χ1n) is 9.36. The third kappa shape index (κ3) is 2.81. The summed E-state index contributed by atoms with van der Waals surface area (Å²) in [5.74, 6) is 1.53. The van der Waals surface area contributed by atoms with Gasteiger partial charge in [-0.25, -0.2) is 9.37 Å². The summed E-state index contributed by atoms with van der Waals surface area (Å²) in [5, 5.41) is 0.505. The molecule has 1 aromatic carbocycles. The quantitative estimate of drug-likeness (QED) is 0.540. The molecule has 2 aromatic heterocycles. The number of hydrogen-bond donors (Lipinski definition) is 0. The van der Waals surface area contributed by atoms with E-state index in [0.717, 1.165) is 35.6 Å². The minimum absolute atomic E-state index is 0.275. The fourth-order valence-corrected chi connectivity index (χ4v) is 4.23. The maximum Gasteiger partial charge on any atom is 0.126 e. The van der Waals surface area contributed by atoms with Crippen LogP contribution in [0.5, 0.6) is 0 Å². The number of halogens is 2. The zero-order valence-electron chi connectivity index (χ0n) is 15.4. The molecule has 3 aromatic rings. The van der Waals surface area contributed by atoms with Gasteiger partial charge in [0, 0.05) is 24.2 Å². The number of pyridine rings is 1. The van der Waals surface area contributed by atoms with Gasteiger partial charge in [-0.05, 0) is 55.9 Å². The van der Waals surface area contributed by atoms with Crippen LogP contribution in [0.4, 0.5) is 4.39 Å². The van der Waals surface area contributed by atoms with Gasteiger partial charge in [-0.2, -0.15) is 0 Å². The van der Waals surface area contributed by atoms with Crippen LogP contribution in [-0.2, 0) is 6.42 Å². The Morgan fingerprint density at radius 2 is 2.08 bits per heavy atom. The summed E-state index contributed by atoms with van der Waals surface area (Å²) in [5.41, 5.74) is 3.68. The summed E-state index contributed by atoms with van der Waals surface area (Å²) >= 11 is 6.43. The maximum atomic E-state index is 14.2. The fourth-order valence-electron chi connectivity index (χ4n) is 3.92. The summed E-state index contributed by atoms with van der Waals surface area (Å²) in [4.78, 5) is 9.42. The predicted molar refractivity (Wildman–Crippen MR) is 104 cm³/mol. The van der Waals surface area contributed by atoms with Gasteiger partial charge in [-0.15, -0.1) is 0 Å². The molecule has 0 radical (unpaired) electrons. The molecule has 2 heterocycles. The van der Waals surface area contributed by atoms with E-state index in [4.69, 9.17) is 16.6 Å². The van der Waals surface area contributed by atoms with Crippen molar-refractivity contribution >= 4 is 22.6 Å². The molecular weight excluding hydrogens is 349 g/mol. The summed E-state index contributed by atoms with van der Waals surface area (Å²) in [6, 6.07) is 5.62. The topological polar surface area (TPSA) is 30.7 Å². The first-order valence-corrected chi connectivity index (χ1v) is 9.74. The average molecular weight is 372 g/mol. The van der Waals surface area contributed by atoms with Crippen LogP contribution >= 0.6 is 11.6 Å². The highest BCUT2D eigenvalue weighted by Crippen LogP contribution is 2.44. The van der Waals surface area contributed by atoms with E-state index < -0.39 is 0 Å². The highest BCUT2D eigenvalue weighted by Gasteiger charge is 2.33. The molecule has 0 spiro atoms. The summed E-state index contributed by atoms with van der Waals surface area (Å²) < 4.78 is 16.6. The lowest BCUT2D eigenvalue weighted by atomic mass is 10.1. The van der Waals surface area contributed by atoms with E-state index in [9.17, 15) is 4.39 Å². The molecule has 0 saturated heterocycles. The van der Waals surface area contributed by atoms with Gasteiger partial charge in [0.05, 0.1) is 16.2 Å². The van der Waals surface area contributed by atoms with Crippen molar-refractivity contribution in [3.05, 3.63) is 46.6 Å². The molecule has 1 aliphatic carbocycles. The molecular formula is C21H23ClFN3. The van der Waals surface area contributed by atoms with E-state index in [2.05, 4.69) is 23.4 Å². The van der Waals surface area contributed by atoms with Crippen molar-refractivity contribution < 1.29 is 4.39 Å². The molecule has 5 heteroatoms. The van der Waals surface area contributed by atoms with Gasteiger partial charge in [-0.1, -0.05) is 25.4 Å². The van der Waals surface area contributed by atoms with Gasteiger partial charge >= 0.3 is 0 Å². The van der Waals surface area contributed by atoms with E-state index in [1.54, 1.807) is 19.2 Å². The third-order valence-electron chi connectivity index (χ3n) is 5.42. The van der Waals surface area contributed by atoms with Crippen LogP contribution in [0.25, 0.3) is 22.3 Å². The van der Waals surface area contributed by atoms with Crippen LogP contribution in [-0.4, -0.2) is 14.5 Å². The van der Waals surface area contributed by atoms with E-state index in [1.165, 1.54) is 18.9 Å². The number of aromatic nitrogens is 3. The fraction of sp³-hybridized carbons (Fsp3) is 0.429. The minimum atomic E-state index is -0.275. The van der Waals surface area contributed by atoms with Crippen molar-refractivity contribution in [3.8, 4) is 11.3 Å². The second-order valence-electron chi connectivity index (χ2n) is 7.17. The Morgan fingerprint density at radius 1 is 1.31 bits per heavy atom. The smallest absolute Gasteiger partial charge is 0.126 e. The van der Waals surface area contributed by atoms with Crippen LogP contribution in [0.3, 0.4) is 0 Å². The number of imidazole rings is 1. The Labute approximate surface area is 158 Å². The molecule has 1 saturated carbocycles. The van der Waals surface area contributed by atoms with Crippen molar-refractivity contribution in [2.45, 2.75) is 52.5 Å². The third-order valence-corrected chi connectivity index (χ3v) is 5.73. The molecule has 26 heavy (non-hydrogen) atoms. The van der Waals surface area contributed by atoms with Crippen molar-refractivity contribution in [1.29, 1.82) is 0 Å². The minimum Gasteiger partial charge on any atom is -0.324 e. The Morgan fingerprint density at radius 3 is 2.73 bits per heavy atom. The Bertz CT molecular complexity index is 975. The normalized spacial score (nSPS) is 15.6. The summed E-state index contributed by atoms with van der Waals surface area (Å²) in [6.07, 6.45) is 6.29. The van der Waals surface area contributed by atoms with Crippen molar-refractivity contribution in [2.75, 3.05) is 0 Å². The SMILES string of the molecule is CCc1nc2c(-c3cc(F)c(C)cc3Cl)nccc2n1C(CC)C1CC1. The molecule has 1 atom stereocenters. The molecule has 4 rings (SSSR count). The number of fused-ring (bicyclic) bond motifs is 1. The van der Waals surface area contributed by atoms with Crippen LogP contribution in [0, 0.1) is 18.7 Å². The highest BCUT2D eigenvalue weighted by atomic mass is 35.5. The molecule has 1 unspecified atom stereocenters. The standard InChI is InChI=1S/C21H23ClFN3/c1-4-17(13-6-7-13)26-18-8-9-24-20(21(18)25-19(26)5-2)14-11-16(23)12(3)10-15(14)22/h8-11,13,17H,4-7H2,1-3H3. The van der Waals surface area contributed by atoms with Crippen LogP contribution in [0.15, 0.2) is 24.4 Å². The van der Waals surface area contributed by atoms with Crippen molar-refractivity contribution in [3.63, 3.8) is 0 Å². The molecule has 0 bridgehead atoms. The number of hydrogen-bond acceptors (Lipinski definition) is 2. The van der Waals surface area contributed by atoms with E-state index >= 15 is 0 Å². The lowest BCUT2D eigenvalue weighted by molar-refractivity contribution is 0.429. The van der Waals surface area contributed by atoms with E-state index in [-0.39, 0.29) is 5.82 Å². The number of nitrogens with zero attached hydrogens (tertiary/aromatic N) is 3. The monoisotopic (exact) mass is 371 g/mol. The first-order chi connectivity index (χ1) is 12.5. The van der Waals surface area contributed by atoms with Gasteiger partial charge in [0.2, 0.25) is 0 Å². The van der Waals surface area contributed by atoms with Gasteiger partial charge in [0.1, 0.15) is 17.2 Å². The highest BCUT2D eigenvalue weighted by molar-refractivity contribution is 6.33. The van der Waals surface area contributed by atoms with Crippen molar-refractivity contribution in [1.82, 2.24) is 14.5 Å². The number of rotatable bonds is 5. The van der Waals surface area contributed by atoms with Gasteiger partial charge in [0.15, 0.2) is 0 Å². The lowest BCUT2D eigenvalue weighted by Crippen LogP contribution is -2.13. The maximum absolute atomic E-state index is 14.2. The van der Waals surface area contributed by atoms with Gasteiger partial charge in [-0.3, -0.25) is 4.98 Å². The molecule has 0 N–H and O–H groups in total. The molecule has 1 aliphatic rings. The number of benzene rings is 1. The van der Waals surface area contributed by atoms with Crippen LogP contribution < -0.4 is 0 Å². The lowest BCUT2D eigenvalue weighted by Gasteiger charge is -2.19. The summed E-state index contributed by atoms with van der Waals surface area (Å²) in [6.45, 7) is 6.08. The second-order valence-corrected chi connectivity index (χ2v) is 7.58. The van der Waals surface area contributed by atoms with Crippen LogP contribution in [0.2, 0.25) is 5.02 Å². The summed E-state index contributed by atoms with van der Waals surface area (Å²) in [7, 11) is 0. The second kappa shape index (κ2) is 6.66. The zero-order valence-corrected chi connectivity index (χ0v) is 16.1. The molecule has 1 fully saturated rings. The molecule has 136 valence electrons. The molecule has 3 nitrogen and oxygen atoms in total. The van der Waals surface area contributed by atoms with Gasteiger partial charge < -0.3 is 4.57 Å². The van der Waals surface area contributed by atoms with Crippen molar-refractivity contribution in [2.24, 2.45) is 5.92 Å². The van der Waals surface area contributed by atoms with Gasteiger partial charge in [0.25, 0.3) is 0 Å². The molecule has 0 amide bonds. The molecule has 0 aliphatic heterocycles. The van der Waals surface area contributed by atoms with E-state index in [0.29, 0.717) is 27.9 Å². The Balaban J connectivity index is 1.96. The Hall–Kier alpha value is -1.94.